The lowest BCUT2D eigenvalue weighted by Gasteiger charge is -2.13. The number of anilines is 1. The number of carbonyl (C=O) groups excluding carboxylic acids is 2. The Hall–Kier alpha value is -3.91. The quantitative estimate of drug-likeness (QED) is 0.440. The SMILES string of the molecule is COC(=O)c1cn(C(=O)c2ccc(C)c(NS(=O)(=O)c3ccc(C)cc3)c2)c2ccccc12. The average molecular weight is 463 g/mol. The van der Waals surface area contributed by atoms with Crippen LogP contribution in [0.1, 0.15) is 31.8 Å². The van der Waals surface area contributed by atoms with Crippen LogP contribution in [0.4, 0.5) is 5.69 Å². The highest BCUT2D eigenvalue weighted by atomic mass is 32.2. The molecule has 3 aromatic carbocycles. The van der Waals surface area contributed by atoms with Crippen LogP contribution in [0.25, 0.3) is 10.9 Å². The second kappa shape index (κ2) is 8.55. The number of aryl methyl sites for hydroxylation is 2. The number of fused-ring (bicyclic) bond motifs is 1. The molecular weight excluding hydrogens is 440 g/mol. The van der Waals surface area contributed by atoms with Crippen molar-refractivity contribution in [1.82, 2.24) is 4.57 Å². The molecule has 0 radical (unpaired) electrons. The largest absolute Gasteiger partial charge is 0.465 e. The fraction of sp³-hybridized carbons (Fsp3) is 0.120. The Balaban J connectivity index is 1.73. The number of hydrogen-bond donors (Lipinski definition) is 1. The maximum atomic E-state index is 13.4. The second-order valence-electron chi connectivity index (χ2n) is 7.67. The van der Waals surface area contributed by atoms with Crippen LogP contribution in [0.15, 0.2) is 77.8 Å². The van der Waals surface area contributed by atoms with Crippen molar-refractivity contribution in [2.75, 3.05) is 11.8 Å². The first-order valence-electron chi connectivity index (χ1n) is 10.1. The van der Waals surface area contributed by atoms with E-state index in [4.69, 9.17) is 4.74 Å². The number of carbonyl (C=O) groups is 2. The molecule has 4 rings (SSSR count). The van der Waals surface area contributed by atoms with Gasteiger partial charge in [0.2, 0.25) is 0 Å². The standard InChI is InChI=1S/C25H22N2O5S/c1-16-8-12-19(13-9-16)33(30,31)26-22-14-18(11-10-17(22)2)24(28)27-15-21(25(29)32-3)20-6-4-5-7-23(20)27/h4-15,26H,1-3H3. The van der Waals surface area contributed by atoms with Gasteiger partial charge in [-0.15, -0.1) is 0 Å². The van der Waals surface area contributed by atoms with Crippen molar-refractivity contribution in [2.45, 2.75) is 18.7 Å². The molecule has 0 aliphatic rings. The Morgan fingerprint density at radius 1 is 0.939 bits per heavy atom. The summed E-state index contributed by atoms with van der Waals surface area (Å²) in [6.07, 6.45) is 1.44. The van der Waals surface area contributed by atoms with Crippen LogP contribution in [0.3, 0.4) is 0 Å². The van der Waals surface area contributed by atoms with Gasteiger partial charge in [0.05, 0.1) is 28.8 Å². The lowest BCUT2D eigenvalue weighted by atomic mass is 10.1. The molecule has 0 bridgehead atoms. The topological polar surface area (TPSA) is 94.5 Å². The van der Waals surface area contributed by atoms with Crippen molar-refractivity contribution in [3.05, 3.63) is 95.2 Å². The monoisotopic (exact) mass is 462 g/mol. The van der Waals surface area contributed by atoms with Gasteiger partial charge in [0.15, 0.2) is 0 Å². The first kappa shape index (κ1) is 22.3. The number of sulfonamides is 1. The Bertz CT molecular complexity index is 1490. The smallest absolute Gasteiger partial charge is 0.340 e. The van der Waals surface area contributed by atoms with E-state index < -0.39 is 21.9 Å². The number of rotatable bonds is 5. The summed E-state index contributed by atoms with van der Waals surface area (Å²) in [6.45, 7) is 3.63. The summed E-state index contributed by atoms with van der Waals surface area (Å²) >= 11 is 0. The third-order valence-corrected chi connectivity index (χ3v) is 6.78. The molecule has 168 valence electrons. The van der Waals surface area contributed by atoms with Crippen LogP contribution in [0.5, 0.6) is 0 Å². The first-order valence-corrected chi connectivity index (χ1v) is 11.6. The zero-order valence-corrected chi connectivity index (χ0v) is 19.1. The second-order valence-corrected chi connectivity index (χ2v) is 9.36. The lowest BCUT2D eigenvalue weighted by Crippen LogP contribution is -2.16. The molecule has 7 nitrogen and oxygen atoms in total. The minimum Gasteiger partial charge on any atom is -0.465 e. The van der Waals surface area contributed by atoms with Crippen LogP contribution in [0.2, 0.25) is 0 Å². The fourth-order valence-electron chi connectivity index (χ4n) is 3.55. The van der Waals surface area contributed by atoms with Gasteiger partial charge in [-0.25, -0.2) is 13.2 Å². The number of ether oxygens (including phenoxy) is 1. The van der Waals surface area contributed by atoms with E-state index in [9.17, 15) is 18.0 Å². The van der Waals surface area contributed by atoms with Gasteiger partial charge in [-0.2, -0.15) is 0 Å². The third kappa shape index (κ3) is 4.25. The molecule has 0 spiro atoms. The zero-order valence-electron chi connectivity index (χ0n) is 18.3. The number of methoxy groups -OCH3 is 1. The third-order valence-electron chi connectivity index (χ3n) is 5.40. The highest BCUT2D eigenvalue weighted by Crippen LogP contribution is 2.26. The molecule has 0 unspecified atom stereocenters. The fourth-order valence-corrected chi connectivity index (χ4v) is 4.67. The molecule has 0 aliphatic heterocycles. The van der Waals surface area contributed by atoms with E-state index in [1.807, 2.05) is 6.92 Å². The van der Waals surface area contributed by atoms with E-state index in [2.05, 4.69) is 4.72 Å². The van der Waals surface area contributed by atoms with Gasteiger partial charge in [-0.05, 0) is 49.7 Å². The van der Waals surface area contributed by atoms with Gasteiger partial charge in [-0.3, -0.25) is 14.1 Å². The summed E-state index contributed by atoms with van der Waals surface area (Å²) in [5.41, 5.74) is 2.99. The first-order chi connectivity index (χ1) is 15.7. The summed E-state index contributed by atoms with van der Waals surface area (Å²) in [5.74, 6) is -0.953. The highest BCUT2D eigenvalue weighted by Gasteiger charge is 2.21. The molecule has 0 fully saturated rings. The van der Waals surface area contributed by atoms with Gasteiger partial charge < -0.3 is 4.74 Å². The molecule has 0 aliphatic carbocycles. The number of esters is 1. The molecule has 33 heavy (non-hydrogen) atoms. The molecule has 0 amide bonds. The summed E-state index contributed by atoms with van der Waals surface area (Å²) in [5, 5.41) is 0.588. The number of aromatic nitrogens is 1. The van der Waals surface area contributed by atoms with Crippen molar-refractivity contribution < 1.29 is 22.7 Å². The molecule has 1 N–H and O–H groups in total. The van der Waals surface area contributed by atoms with E-state index in [0.717, 1.165) is 5.56 Å². The van der Waals surface area contributed by atoms with E-state index in [-0.39, 0.29) is 16.0 Å². The van der Waals surface area contributed by atoms with E-state index >= 15 is 0 Å². The van der Waals surface area contributed by atoms with Gasteiger partial charge >= 0.3 is 5.97 Å². The van der Waals surface area contributed by atoms with E-state index in [1.165, 1.54) is 36.1 Å². The minimum absolute atomic E-state index is 0.128. The van der Waals surface area contributed by atoms with Gasteiger partial charge in [0, 0.05) is 17.1 Å². The summed E-state index contributed by atoms with van der Waals surface area (Å²) in [4.78, 5) is 25.7. The Labute approximate surface area is 191 Å². The summed E-state index contributed by atoms with van der Waals surface area (Å²) in [6, 6.07) is 18.3. The van der Waals surface area contributed by atoms with Gasteiger partial charge in [-0.1, -0.05) is 42.0 Å². The lowest BCUT2D eigenvalue weighted by molar-refractivity contribution is 0.0603. The maximum absolute atomic E-state index is 13.4. The number of hydrogen-bond acceptors (Lipinski definition) is 5. The normalized spacial score (nSPS) is 11.4. The van der Waals surface area contributed by atoms with Crippen LogP contribution in [-0.2, 0) is 14.8 Å². The number of para-hydroxylation sites is 1. The Morgan fingerprint density at radius 3 is 2.33 bits per heavy atom. The molecule has 0 saturated carbocycles. The van der Waals surface area contributed by atoms with Crippen molar-refractivity contribution in [3.8, 4) is 0 Å². The molecule has 8 heteroatoms. The molecule has 1 heterocycles. The Morgan fingerprint density at radius 2 is 1.64 bits per heavy atom. The van der Waals surface area contributed by atoms with Crippen molar-refractivity contribution >= 4 is 38.5 Å². The van der Waals surface area contributed by atoms with Crippen LogP contribution in [-0.4, -0.2) is 32.0 Å². The van der Waals surface area contributed by atoms with Gasteiger partial charge in [0.1, 0.15) is 0 Å². The molecule has 1 aromatic heterocycles. The van der Waals surface area contributed by atoms with Crippen LogP contribution >= 0.6 is 0 Å². The molecular formula is C25H22N2O5S. The van der Waals surface area contributed by atoms with E-state index in [1.54, 1.807) is 55.5 Å². The maximum Gasteiger partial charge on any atom is 0.340 e. The Kier molecular flexibility index (Phi) is 5.78. The highest BCUT2D eigenvalue weighted by molar-refractivity contribution is 7.92. The average Bonchev–Trinajstić information content (AvgIpc) is 3.19. The predicted molar refractivity (Wildman–Crippen MR) is 126 cm³/mol. The van der Waals surface area contributed by atoms with E-state index in [0.29, 0.717) is 22.2 Å². The van der Waals surface area contributed by atoms with Crippen LogP contribution < -0.4 is 4.72 Å². The van der Waals surface area contributed by atoms with Crippen LogP contribution in [0, 0.1) is 13.8 Å². The number of nitrogens with zero attached hydrogens (tertiary/aromatic N) is 1. The van der Waals surface area contributed by atoms with Crippen molar-refractivity contribution in [2.24, 2.45) is 0 Å². The number of nitrogens with one attached hydrogen (secondary N) is 1. The zero-order chi connectivity index (χ0) is 23.8. The van der Waals surface area contributed by atoms with Crippen molar-refractivity contribution in [1.29, 1.82) is 0 Å². The summed E-state index contributed by atoms with van der Waals surface area (Å²) in [7, 11) is -2.55. The number of benzene rings is 3. The molecule has 4 aromatic rings. The predicted octanol–water partition coefficient (Wildman–Crippen LogP) is 4.53. The summed E-state index contributed by atoms with van der Waals surface area (Å²) < 4.78 is 34.5. The van der Waals surface area contributed by atoms with Crippen molar-refractivity contribution in [3.63, 3.8) is 0 Å². The molecule has 0 atom stereocenters. The van der Waals surface area contributed by atoms with Gasteiger partial charge in [0.25, 0.3) is 15.9 Å². The minimum atomic E-state index is -3.83. The molecule has 0 saturated heterocycles.